The van der Waals surface area contributed by atoms with Crippen molar-refractivity contribution in [3.05, 3.63) is 135 Å². The van der Waals surface area contributed by atoms with Crippen LogP contribution in [0.15, 0.2) is 108 Å². The van der Waals surface area contributed by atoms with Gasteiger partial charge in [0.2, 0.25) is 0 Å². The van der Waals surface area contributed by atoms with E-state index in [1.165, 1.54) is 11.3 Å². The van der Waals surface area contributed by atoms with E-state index >= 15 is 0 Å². The van der Waals surface area contributed by atoms with Gasteiger partial charge in [0.15, 0.2) is 0 Å². The van der Waals surface area contributed by atoms with Gasteiger partial charge in [-0.25, -0.2) is 0 Å². The summed E-state index contributed by atoms with van der Waals surface area (Å²) in [5, 5.41) is 7.88. The van der Waals surface area contributed by atoms with Crippen LogP contribution in [0.2, 0.25) is 0 Å². The molecule has 1 heterocycles. The minimum atomic E-state index is -0.361. The second-order valence-electron chi connectivity index (χ2n) is 7.57. The third-order valence-corrected chi connectivity index (χ3v) is 6.09. The zero-order chi connectivity index (χ0) is 23.0. The fraction of sp³-hybridized carbons (Fsp3) is 0.0714. The van der Waals surface area contributed by atoms with Crippen LogP contribution in [0.25, 0.3) is 6.08 Å². The normalized spacial score (nSPS) is 12.1. The average molecular weight is 453 g/mol. The Morgan fingerprint density at radius 1 is 0.818 bits per heavy atom. The number of carbonyl (C=O) groups excluding carboxylic acids is 2. The predicted molar refractivity (Wildman–Crippen MR) is 134 cm³/mol. The molecule has 0 unspecified atom stereocenters. The van der Waals surface area contributed by atoms with Gasteiger partial charge in [-0.05, 0) is 53.3 Å². The molecule has 4 aromatic rings. The fourth-order valence-corrected chi connectivity index (χ4v) is 4.22. The first kappa shape index (κ1) is 22.2. The van der Waals surface area contributed by atoms with E-state index in [0.717, 1.165) is 21.6 Å². The summed E-state index contributed by atoms with van der Waals surface area (Å²) in [5.74, 6) is -0.689. The highest BCUT2D eigenvalue weighted by atomic mass is 32.1. The summed E-state index contributed by atoms with van der Waals surface area (Å²) in [6.07, 6.45) is 1.71. The number of nitrogens with one attached hydrogen (secondary N) is 2. The van der Waals surface area contributed by atoms with Crippen LogP contribution in [-0.2, 0) is 4.79 Å². The first-order valence-electron chi connectivity index (χ1n) is 10.6. The molecule has 0 aliphatic rings. The number of aryl methyl sites for hydroxylation is 1. The summed E-state index contributed by atoms with van der Waals surface area (Å²) < 4.78 is 0. The molecule has 2 amide bonds. The van der Waals surface area contributed by atoms with Crippen LogP contribution >= 0.6 is 11.3 Å². The number of rotatable bonds is 7. The maximum atomic E-state index is 13.5. The molecule has 33 heavy (non-hydrogen) atoms. The molecule has 0 aliphatic carbocycles. The van der Waals surface area contributed by atoms with Gasteiger partial charge < -0.3 is 10.6 Å². The van der Waals surface area contributed by atoms with Crippen molar-refractivity contribution in [1.82, 2.24) is 10.6 Å². The lowest BCUT2D eigenvalue weighted by atomic mass is 9.95. The van der Waals surface area contributed by atoms with Crippen molar-refractivity contribution in [2.24, 2.45) is 0 Å². The molecule has 3 aromatic carbocycles. The monoisotopic (exact) mass is 452 g/mol. The first-order valence-corrected chi connectivity index (χ1v) is 11.5. The van der Waals surface area contributed by atoms with Gasteiger partial charge in [-0.15, -0.1) is 11.3 Å². The Morgan fingerprint density at radius 2 is 1.48 bits per heavy atom. The van der Waals surface area contributed by atoms with Gasteiger partial charge >= 0.3 is 0 Å². The number of hydrogen-bond acceptors (Lipinski definition) is 3. The summed E-state index contributed by atoms with van der Waals surface area (Å²) in [6, 6.07) is 30.1. The molecule has 1 atom stereocenters. The van der Waals surface area contributed by atoms with Crippen molar-refractivity contribution in [3.63, 3.8) is 0 Å². The van der Waals surface area contributed by atoms with Crippen molar-refractivity contribution < 1.29 is 9.59 Å². The molecule has 0 bridgehead atoms. The second kappa shape index (κ2) is 10.6. The van der Waals surface area contributed by atoms with Crippen LogP contribution < -0.4 is 10.6 Å². The van der Waals surface area contributed by atoms with E-state index < -0.39 is 0 Å². The first-order chi connectivity index (χ1) is 16.1. The van der Waals surface area contributed by atoms with Gasteiger partial charge in [-0.3, -0.25) is 9.59 Å². The van der Waals surface area contributed by atoms with Crippen LogP contribution in [0.4, 0.5) is 0 Å². The topological polar surface area (TPSA) is 58.2 Å². The summed E-state index contributed by atoms with van der Waals surface area (Å²) in [5.41, 5.74) is 3.72. The Hall–Kier alpha value is -3.96. The third-order valence-electron chi connectivity index (χ3n) is 5.27. The molecule has 1 aromatic heterocycles. The van der Waals surface area contributed by atoms with Gasteiger partial charge in [-0.1, -0.05) is 78.9 Å². The second-order valence-corrected chi connectivity index (χ2v) is 8.55. The van der Waals surface area contributed by atoms with Crippen molar-refractivity contribution >= 4 is 29.2 Å². The number of amides is 2. The number of carbonyl (C=O) groups is 2. The van der Waals surface area contributed by atoms with E-state index in [1.807, 2.05) is 85.1 Å². The lowest BCUT2D eigenvalue weighted by Crippen LogP contribution is -2.37. The third kappa shape index (κ3) is 5.64. The SMILES string of the molecule is Cc1ccccc1[C@@H](NC(=O)/C(=C/c1cccs1)NC(=O)c1ccccc1)c1ccccc1. The van der Waals surface area contributed by atoms with Crippen LogP contribution in [0.1, 0.15) is 38.0 Å². The highest BCUT2D eigenvalue weighted by Gasteiger charge is 2.22. The van der Waals surface area contributed by atoms with E-state index in [1.54, 1.807) is 30.3 Å². The Kier molecular flexibility index (Phi) is 7.12. The molecule has 4 nitrogen and oxygen atoms in total. The molecule has 2 N–H and O–H groups in total. The maximum Gasteiger partial charge on any atom is 0.268 e. The minimum absolute atomic E-state index is 0.195. The zero-order valence-corrected chi connectivity index (χ0v) is 19.0. The van der Waals surface area contributed by atoms with Gasteiger partial charge in [0.05, 0.1) is 6.04 Å². The maximum absolute atomic E-state index is 13.5. The molecular formula is C28H24N2O2S. The van der Waals surface area contributed by atoms with E-state index in [0.29, 0.717) is 5.56 Å². The molecule has 0 aliphatic heterocycles. The van der Waals surface area contributed by atoms with E-state index in [-0.39, 0.29) is 23.6 Å². The largest absolute Gasteiger partial charge is 0.340 e. The summed E-state index contributed by atoms with van der Waals surface area (Å²) in [4.78, 5) is 27.2. The van der Waals surface area contributed by atoms with Crippen molar-refractivity contribution in [1.29, 1.82) is 0 Å². The minimum Gasteiger partial charge on any atom is -0.340 e. The van der Waals surface area contributed by atoms with E-state index in [9.17, 15) is 9.59 Å². The quantitative estimate of drug-likeness (QED) is 0.352. The molecule has 5 heteroatoms. The average Bonchev–Trinajstić information content (AvgIpc) is 3.37. The van der Waals surface area contributed by atoms with Crippen LogP contribution in [0.5, 0.6) is 0 Å². The molecule has 0 radical (unpaired) electrons. The Labute approximate surface area is 197 Å². The molecule has 0 fully saturated rings. The van der Waals surface area contributed by atoms with E-state index in [4.69, 9.17) is 0 Å². The smallest absolute Gasteiger partial charge is 0.268 e. The summed E-state index contributed by atoms with van der Waals surface area (Å²) in [7, 11) is 0. The molecule has 0 saturated heterocycles. The van der Waals surface area contributed by atoms with Gasteiger partial charge in [0.25, 0.3) is 11.8 Å². The van der Waals surface area contributed by atoms with Crippen LogP contribution in [0, 0.1) is 6.92 Å². The van der Waals surface area contributed by atoms with Gasteiger partial charge in [-0.2, -0.15) is 0 Å². The Balaban J connectivity index is 1.67. The molecule has 4 rings (SSSR count). The molecule has 164 valence electrons. The number of hydrogen-bond donors (Lipinski definition) is 2. The number of benzene rings is 3. The van der Waals surface area contributed by atoms with Crippen LogP contribution in [-0.4, -0.2) is 11.8 Å². The molecular weight excluding hydrogens is 428 g/mol. The highest BCUT2D eigenvalue weighted by molar-refractivity contribution is 7.10. The predicted octanol–water partition coefficient (Wildman–Crippen LogP) is 5.73. The lowest BCUT2D eigenvalue weighted by Gasteiger charge is -2.22. The van der Waals surface area contributed by atoms with Crippen molar-refractivity contribution in [2.45, 2.75) is 13.0 Å². The highest BCUT2D eigenvalue weighted by Crippen LogP contribution is 2.25. The molecule has 0 saturated carbocycles. The zero-order valence-electron chi connectivity index (χ0n) is 18.2. The van der Waals surface area contributed by atoms with Crippen molar-refractivity contribution in [2.75, 3.05) is 0 Å². The standard InChI is InChI=1S/C28H24N2O2S/c1-20-11-8-9-17-24(20)26(21-12-4-2-5-13-21)30-28(32)25(19-23-16-10-18-33-23)29-27(31)22-14-6-3-7-15-22/h2-19,26H,1H3,(H,29,31)(H,30,32)/b25-19-/t26-/m0/s1. The van der Waals surface area contributed by atoms with Gasteiger partial charge in [0.1, 0.15) is 5.70 Å². The van der Waals surface area contributed by atoms with Crippen molar-refractivity contribution in [3.8, 4) is 0 Å². The van der Waals surface area contributed by atoms with Gasteiger partial charge in [0, 0.05) is 10.4 Å². The number of thiophene rings is 1. The van der Waals surface area contributed by atoms with E-state index in [2.05, 4.69) is 10.6 Å². The Morgan fingerprint density at radius 3 is 2.15 bits per heavy atom. The summed E-state index contributed by atoms with van der Waals surface area (Å²) in [6.45, 7) is 2.02. The Bertz CT molecular complexity index is 1250. The molecule has 0 spiro atoms. The summed E-state index contributed by atoms with van der Waals surface area (Å²) >= 11 is 1.50. The lowest BCUT2D eigenvalue weighted by molar-refractivity contribution is -0.118. The fourth-order valence-electron chi connectivity index (χ4n) is 3.56. The van der Waals surface area contributed by atoms with Crippen LogP contribution in [0.3, 0.4) is 0 Å².